The smallest absolute Gasteiger partial charge is 0.326 e. The summed E-state index contributed by atoms with van der Waals surface area (Å²) in [6, 6.07) is -2.71. The number of carboxylic acids is 1. The van der Waals surface area contributed by atoms with Crippen molar-refractivity contribution < 1.29 is 63.0 Å². The third-order valence-electron chi connectivity index (χ3n) is 12.7. The number of nitrogens with zero attached hydrogens (tertiary/aromatic N) is 1. The van der Waals surface area contributed by atoms with Crippen molar-refractivity contribution in [3.05, 3.63) is 54.1 Å². The molecule has 2 rings (SSSR count). The van der Waals surface area contributed by atoms with Crippen LogP contribution < -0.4 is 59.3 Å². The van der Waals surface area contributed by atoms with Crippen LogP contribution in [0.15, 0.2) is 42.9 Å². The summed E-state index contributed by atoms with van der Waals surface area (Å²) in [6.07, 6.45) is 2.83. The Kier molecular flexibility index (Phi) is 29.6. The van der Waals surface area contributed by atoms with E-state index in [4.69, 9.17) is 11.5 Å². The Morgan fingerprint density at radius 1 is 0.550 bits per heavy atom. The van der Waals surface area contributed by atoms with Gasteiger partial charge in [-0.1, -0.05) is 106 Å². The number of aromatic nitrogens is 2. The minimum Gasteiger partial charge on any atom is -0.480 e. The standard InChI is InChI=1S/C54H87N13O13/c1-11-32(10)45(53(78)64-40(22-34-24-57-27-59-34)51(76)63-38(19-30(6)7)49(74)65-41(54(79)80)23-43(56)69)67-44(70)25-58-47(72)36(17-28(2)3)61-52(77)42(26-68)66-50(75)39(20-31(8)9)62-48(73)37(18-29(4)5)60-46(71)35(55)21-33-15-13-12-14-16-33/h12-16,24,27-32,35-42,45,68H,11,17-23,25-26,55H2,1-10H3,(H2,56,69)(H,57,59)(H,58,72)(H,60,71)(H,61,77)(H,62,73)(H,63,76)(H,64,78)(H,65,74)(H,66,75)(H,67,70)(H,79,80)/t32-,35-,36-,37-,38-,39-,40-,41-,42-,45-/m0/s1. The van der Waals surface area contributed by atoms with Gasteiger partial charge in [-0.2, -0.15) is 0 Å². The van der Waals surface area contributed by atoms with E-state index in [1.807, 2.05) is 58.0 Å². The van der Waals surface area contributed by atoms with Gasteiger partial charge in [-0.25, -0.2) is 9.78 Å². The third-order valence-corrected chi connectivity index (χ3v) is 12.7. The fraction of sp³-hybridized carbons (Fsp3) is 0.630. The largest absolute Gasteiger partial charge is 0.480 e. The van der Waals surface area contributed by atoms with Crippen molar-refractivity contribution in [1.82, 2.24) is 57.8 Å². The number of H-pyrrole nitrogens is 1. The number of benzene rings is 1. The summed E-state index contributed by atoms with van der Waals surface area (Å²) in [5.74, 6) is -10.9. The van der Waals surface area contributed by atoms with Crippen LogP contribution in [0, 0.1) is 29.6 Å². The maximum absolute atomic E-state index is 14.1. The topological polar surface area (TPSA) is 417 Å². The Hall–Kier alpha value is -7.48. The normalized spacial score (nSPS) is 15.1. The van der Waals surface area contributed by atoms with Crippen LogP contribution in [-0.4, -0.2) is 153 Å². The highest BCUT2D eigenvalue weighted by Crippen LogP contribution is 2.14. The summed E-state index contributed by atoms with van der Waals surface area (Å²) in [4.78, 5) is 153. The molecule has 0 saturated heterocycles. The second kappa shape index (κ2) is 34.5. The molecule has 0 unspecified atom stereocenters. The first kappa shape index (κ1) is 68.6. The molecule has 2 aromatic rings. The van der Waals surface area contributed by atoms with Gasteiger partial charge in [0.2, 0.25) is 59.1 Å². The van der Waals surface area contributed by atoms with Gasteiger partial charge < -0.3 is 74.5 Å². The highest BCUT2D eigenvalue weighted by atomic mass is 16.4. The number of imidazole rings is 1. The van der Waals surface area contributed by atoms with Crippen LogP contribution in [0.4, 0.5) is 0 Å². The van der Waals surface area contributed by atoms with E-state index in [-0.39, 0.29) is 62.2 Å². The number of hydrogen-bond acceptors (Lipinski definition) is 14. The molecule has 16 N–H and O–H groups in total. The van der Waals surface area contributed by atoms with Crippen LogP contribution in [0.3, 0.4) is 0 Å². The Balaban J connectivity index is 2.23. The van der Waals surface area contributed by atoms with Crippen molar-refractivity contribution >= 4 is 65.0 Å². The van der Waals surface area contributed by atoms with Crippen molar-refractivity contribution in [3.63, 3.8) is 0 Å². The summed E-state index contributed by atoms with van der Waals surface area (Å²) < 4.78 is 0. The number of nitrogens with two attached hydrogens (primary N) is 2. The van der Waals surface area contributed by atoms with Crippen LogP contribution >= 0.6 is 0 Å². The van der Waals surface area contributed by atoms with Crippen molar-refractivity contribution in [2.75, 3.05) is 13.2 Å². The number of aliphatic carboxylic acids is 1. The van der Waals surface area contributed by atoms with Gasteiger partial charge in [0.15, 0.2) is 0 Å². The van der Waals surface area contributed by atoms with E-state index >= 15 is 0 Å². The van der Waals surface area contributed by atoms with Gasteiger partial charge in [0.05, 0.1) is 31.9 Å². The predicted octanol–water partition coefficient (Wildman–Crippen LogP) is -1.30. The monoisotopic (exact) mass is 1130 g/mol. The average molecular weight is 1130 g/mol. The zero-order valence-corrected chi connectivity index (χ0v) is 47.7. The lowest BCUT2D eigenvalue weighted by atomic mass is 9.97. The maximum atomic E-state index is 14.1. The Bertz CT molecular complexity index is 2370. The molecule has 0 fully saturated rings. The van der Waals surface area contributed by atoms with Gasteiger partial charge in [0.25, 0.3) is 0 Å². The van der Waals surface area contributed by atoms with E-state index in [1.54, 1.807) is 41.5 Å². The highest BCUT2D eigenvalue weighted by Gasteiger charge is 2.36. The number of carboxylic acid groups (broad SMARTS) is 1. The number of primary amides is 1. The molecule has 446 valence electrons. The first-order valence-electron chi connectivity index (χ1n) is 27.1. The second-order valence-electron chi connectivity index (χ2n) is 21.9. The summed E-state index contributed by atoms with van der Waals surface area (Å²) in [5, 5.41) is 42.9. The van der Waals surface area contributed by atoms with Gasteiger partial charge in [0.1, 0.15) is 48.3 Å². The first-order chi connectivity index (χ1) is 37.5. The number of aromatic amines is 1. The Morgan fingerprint density at radius 3 is 1.40 bits per heavy atom. The average Bonchev–Trinajstić information content (AvgIpc) is 3.89. The number of nitrogens with one attached hydrogen (secondary N) is 10. The minimum absolute atomic E-state index is 0.0269. The van der Waals surface area contributed by atoms with Gasteiger partial charge in [-0.15, -0.1) is 0 Å². The summed E-state index contributed by atoms with van der Waals surface area (Å²) in [5.41, 5.74) is 12.6. The second-order valence-corrected chi connectivity index (χ2v) is 21.9. The molecule has 0 radical (unpaired) electrons. The molecular formula is C54H87N13O13. The minimum atomic E-state index is -1.68. The van der Waals surface area contributed by atoms with Crippen LogP contribution in [0.25, 0.3) is 0 Å². The molecule has 80 heavy (non-hydrogen) atoms. The fourth-order valence-electron chi connectivity index (χ4n) is 8.31. The molecule has 1 aromatic heterocycles. The molecule has 0 saturated carbocycles. The predicted molar refractivity (Wildman–Crippen MR) is 295 cm³/mol. The van der Waals surface area contributed by atoms with Crippen LogP contribution in [0.1, 0.15) is 119 Å². The lowest BCUT2D eigenvalue weighted by Crippen LogP contribution is -2.60. The van der Waals surface area contributed by atoms with E-state index in [0.29, 0.717) is 12.1 Å². The van der Waals surface area contributed by atoms with Crippen LogP contribution in [0.2, 0.25) is 0 Å². The lowest BCUT2D eigenvalue weighted by molar-refractivity contribution is -0.144. The van der Waals surface area contributed by atoms with Gasteiger partial charge >= 0.3 is 5.97 Å². The number of amides is 10. The number of aliphatic hydroxyl groups is 1. The third kappa shape index (κ3) is 25.1. The van der Waals surface area contributed by atoms with Crippen LogP contribution in [0.5, 0.6) is 0 Å². The van der Waals surface area contributed by atoms with Crippen molar-refractivity contribution in [1.29, 1.82) is 0 Å². The summed E-state index contributed by atoms with van der Waals surface area (Å²) >= 11 is 0. The van der Waals surface area contributed by atoms with Crippen molar-refractivity contribution in [2.24, 2.45) is 41.1 Å². The molecule has 0 spiro atoms. The Morgan fingerprint density at radius 2 is 0.975 bits per heavy atom. The van der Waals surface area contributed by atoms with E-state index in [1.165, 1.54) is 12.5 Å². The number of aliphatic hydroxyl groups excluding tert-OH is 1. The van der Waals surface area contributed by atoms with E-state index in [0.717, 1.165) is 5.56 Å². The summed E-state index contributed by atoms with van der Waals surface area (Å²) in [6.45, 7) is 16.2. The first-order valence-corrected chi connectivity index (χ1v) is 27.1. The molecule has 1 aromatic carbocycles. The van der Waals surface area contributed by atoms with Crippen molar-refractivity contribution in [2.45, 2.75) is 175 Å². The fourth-order valence-corrected chi connectivity index (χ4v) is 8.31. The molecule has 26 nitrogen and oxygen atoms in total. The number of carbonyl (C=O) groups excluding carboxylic acids is 10. The molecule has 10 amide bonds. The Labute approximate surface area is 467 Å². The zero-order chi connectivity index (χ0) is 60.4. The summed E-state index contributed by atoms with van der Waals surface area (Å²) in [7, 11) is 0. The van der Waals surface area contributed by atoms with Gasteiger partial charge in [0, 0.05) is 18.3 Å². The zero-order valence-electron chi connectivity index (χ0n) is 47.7. The number of hydrogen-bond donors (Lipinski definition) is 14. The number of carbonyl (C=O) groups is 11. The van der Waals surface area contributed by atoms with E-state index in [9.17, 15) is 63.0 Å². The molecule has 26 heteroatoms. The molecule has 0 aliphatic carbocycles. The maximum Gasteiger partial charge on any atom is 0.326 e. The molecule has 1 heterocycles. The molecule has 0 aliphatic heterocycles. The SMILES string of the molecule is CC[C@H](C)[C@H](NC(=O)CNC(=O)[C@H](CC(C)C)NC(=O)[C@H](CO)NC(=O)[C@H](CC(C)C)NC(=O)[C@H](CC(C)C)NC(=O)[C@@H](N)Cc1ccccc1)C(=O)N[C@@H](Cc1cnc[nH]1)C(=O)N[C@@H](CC(C)C)C(=O)N[C@@H](CC(N)=O)C(=O)O. The van der Waals surface area contributed by atoms with Gasteiger partial charge in [-0.3, -0.25) is 47.9 Å². The molecule has 10 atom stereocenters. The quantitative estimate of drug-likeness (QED) is 0.0377. The van der Waals surface area contributed by atoms with E-state index < -0.39 is 145 Å². The van der Waals surface area contributed by atoms with Gasteiger partial charge in [-0.05, 0) is 67.3 Å². The molecular weight excluding hydrogens is 1040 g/mol. The van der Waals surface area contributed by atoms with E-state index in [2.05, 4.69) is 57.8 Å². The lowest BCUT2D eigenvalue weighted by Gasteiger charge is -2.28. The molecule has 0 bridgehead atoms. The van der Waals surface area contributed by atoms with Crippen LogP contribution in [-0.2, 0) is 65.6 Å². The number of rotatable bonds is 36. The molecule has 0 aliphatic rings. The van der Waals surface area contributed by atoms with Crippen molar-refractivity contribution in [3.8, 4) is 0 Å². The highest BCUT2D eigenvalue weighted by molar-refractivity contribution is 5.98.